The van der Waals surface area contributed by atoms with Gasteiger partial charge in [-0.05, 0) is 63.6 Å². The molecule has 0 unspecified atom stereocenters. The maximum Gasteiger partial charge on any atom is 0.410 e. The second-order valence-electron chi connectivity index (χ2n) is 9.67. The van der Waals surface area contributed by atoms with E-state index in [2.05, 4.69) is 5.32 Å². The minimum Gasteiger partial charge on any atom is -0.444 e. The molecule has 4 rings (SSSR count). The molecule has 9 nitrogen and oxygen atoms in total. The molecule has 0 spiro atoms. The zero-order valence-electron chi connectivity index (χ0n) is 19.0. The van der Waals surface area contributed by atoms with Gasteiger partial charge in [0, 0.05) is 26.6 Å². The van der Waals surface area contributed by atoms with Gasteiger partial charge in [0.2, 0.25) is 11.8 Å². The highest BCUT2D eigenvalue weighted by Gasteiger charge is 2.32. The number of fused-ring (bicyclic) bond motifs is 1. The lowest BCUT2D eigenvalue weighted by Gasteiger charge is -2.33. The number of carbonyl (C=O) groups is 3. The first-order valence-electron chi connectivity index (χ1n) is 11.1. The zero-order valence-corrected chi connectivity index (χ0v) is 19.0. The summed E-state index contributed by atoms with van der Waals surface area (Å²) < 4.78 is 8.52. The fraction of sp³-hybridized carbons (Fsp3) is 0.565. The summed E-state index contributed by atoms with van der Waals surface area (Å²) in [6.07, 6.45) is 1.87. The molecule has 2 aliphatic heterocycles. The first-order chi connectivity index (χ1) is 15.0. The Balaban J connectivity index is 1.55. The minimum absolute atomic E-state index is 0.216. The number of hydrogen-bond acceptors (Lipinski definition) is 5. The number of hydrogen-bond donors (Lipinski definition) is 1. The number of aryl methyl sites for hydroxylation is 1. The van der Waals surface area contributed by atoms with Crippen molar-refractivity contribution in [3.63, 3.8) is 0 Å². The lowest BCUT2D eigenvalue weighted by molar-refractivity contribution is -0.135. The van der Waals surface area contributed by atoms with E-state index >= 15 is 0 Å². The third-order valence-corrected chi connectivity index (χ3v) is 6.25. The van der Waals surface area contributed by atoms with Crippen molar-refractivity contribution in [3.8, 4) is 0 Å². The number of amides is 3. The maximum absolute atomic E-state index is 12.9. The van der Waals surface area contributed by atoms with Gasteiger partial charge >= 0.3 is 11.8 Å². The quantitative estimate of drug-likeness (QED) is 0.720. The summed E-state index contributed by atoms with van der Waals surface area (Å²) in [4.78, 5) is 50.9. The predicted molar refractivity (Wildman–Crippen MR) is 118 cm³/mol. The molecule has 0 saturated carbocycles. The van der Waals surface area contributed by atoms with Crippen molar-refractivity contribution >= 4 is 28.9 Å². The number of piperidine rings is 2. The van der Waals surface area contributed by atoms with E-state index in [4.69, 9.17) is 4.74 Å². The van der Waals surface area contributed by atoms with E-state index < -0.39 is 17.6 Å². The van der Waals surface area contributed by atoms with Gasteiger partial charge in [-0.25, -0.2) is 9.59 Å². The Morgan fingerprint density at radius 3 is 2.38 bits per heavy atom. The van der Waals surface area contributed by atoms with E-state index in [-0.39, 0.29) is 30.0 Å². The van der Waals surface area contributed by atoms with Crippen molar-refractivity contribution in [2.75, 3.05) is 13.1 Å². The van der Waals surface area contributed by atoms with Crippen molar-refractivity contribution in [1.82, 2.24) is 19.4 Å². The smallest absolute Gasteiger partial charge is 0.410 e. The van der Waals surface area contributed by atoms with Crippen LogP contribution in [0.5, 0.6) is 0 Å². The van der Waals surface area contributed by atoms with Crippen molar-refractivity contribution in [2.45, 2.75) is 64.0 Å². The molecule has 32 heavy (non-hydrogen) atoms. The second-order valence-corrected chi connectivity index (χ2v) is 9.67. The third kappa shape index (κ3) is 4.16. The molecular formula is C23H30N4O5. The number of nitrogens with zero attached hydrogens (tertiary/aromatic N) is 3. The highest BCUT2D eigenvalue weighted by Crippen LogP contribution is 2.31. The average molecular weight is 443 g/mol. The van der Waals surface area contributed by atoms with Gasteiger partial charge in [-0.3, -0.25) is 24.0 Å². The largest absolute Gasteiger partial charge is 0.444 e. The summed E-state index contributed by atoms with van der Waals surface area (Å²) in [7, 11) is 1.70. The Kier molecular flexibility index (Phi) is 5.60. The first-order valence-corrected chi connectivity index (χ1v) is 11.1. The number of ether oxygens (including phenoxy) is 1. The van der Waals surface area contributed by atoms with Crippen molar-refractivity contribution in [1.29, 1.82) is 0 Å². The lowest BCUT2D eigenvalue weighted by atomic mass is 9.89. The summed E-state index contributed by atoms with van der Waals surface area (Å²) in [5, 5.41) is 2.33. The average Bonchev–Trinajstić information content (AvgIpc) is 2.97. The summed E-state index contributed by atoms with van der Waals surface area (Å²) in [5.41, 5.74) is 1.76. The predicted octanol–water partition coefficient (Wildman–Crippen LogP) is 2.43. The van der Waals surface area contributed by atoms with Gasteiger partial charge in [0.05, 0.1) is 11.0 Å². The second kappa shape index (κ2) is 8.11. The molecule has 3 amide bonds. The first kappa shape index (κ1) is 22.1. The van der Waals surface area contributed by atoms with Crippen LogP contribution in [0.4, 0.5) is 4.79 Å². The molecule has 1 aromatic heterocycles. The van der Waals surface area contributed by atoms with Crippen molar-refractivity contribution in [2.24, 2.45) is 7.05 Å². The van der Waals surface area contributed by atoms with Crippen LogP contribution in [-0.2, 0) is 21.4 Å². The maximum atomic E-state index is 12.9. The molecule has 172 valence electrons. The van der Waals surface area contributed by atoms with Crippen LogP contribution in [0.2, 0.25) is 0 Å². The Hall–Kier alpha value is -3.10. The number of likely N-dealkylation sites (tertiary alicyclic amines) is 1. The van der Waals surface area contributed by atoms with Gasteiger partial charge in [0.1, 0.15) is 11.6 Å². The van der Waals surface area contributed by atoms with Crippen LogP contribution in [0.3, 0.4) is 0 Å². The highest BCUT2D eigenvalue weighted by atomic mass is 16.6. The molecule has 2 aromatic rings. The zero-order chi connectivity index (χ0) is 23.2. The van der Waals surface area contributed by atoms with Crippen LogP contribution >= 0.6 is 0 Å². The number of nitrogens with one attached hydrogen (secondary N) is 1. The molecular weight excluding hydrogens is 412 g/mol. The molecule has 2 saturated heterocycles. The number of benzene rings is 1. The molecule has 9 heteroatoms. The fourth-order valence-electron chi connectivity index (χ4n) is 4.59. The van der Waals surface area contributed by atoms with Crippen LogP contribution in [0.25, 0.3) is 11.0 Å². The van der Waals surface area contributed by atoms with Gasteiger partial charge in [-0.2, -0.15) is 0 Å². The molecule has 0 aliphatic carbocycles. The van der Waals surface area contributed by atoms with Gasteiger partial charge < -0.3 is 9.64 Å². The van der Waals surface area contributed by atoms with Crippen molar-refractivity contribution < 1.29 is 19.1 Å². The van der Waals surface area contributed by atoms with E-state index in [1.54, 1.807) is 16.5 Å². The summed E-state index contributed by atoms with van der Waals surface area (Å²) in [5.74, 6) is -0.471. The van der Waals surface area contributed by atoms with Crippen LogP contribution in [-0.4, -0.2) is 50.6 Å². The van der Waals surface area contributed by atoms with Gasteiger partial charge in [0.15, 0.2) is 0 Å². The van der Waals surface area contributed by atoms with Gasteiger partial charge in [-0.1, -0.05) is 6.07 Å². The highest BCUT2D eigenvalue weighted by molar-refractivity contribution is 6.00. The monoisotopic (exact) mass is 442 g/mol. The standard InChI is InChI=1S/C23H30N4O5/c1-23(2,3)32-22(31)26-11-9-14(10-12-26)15-5-6-16-18(13-15)25(4)21(30)27(16)17-7-8-19(28)24-20(17)29/h5-6,13-14,17H,7-12H2,1-4H3,(H,24,28,29)/t17-/m1/s1. The molecule has 2 aliphatic rings. The minimum atomic E-state index is -0.688. The Labute approximate surface area is 186 Å². The van der Waals surface area contributed by atoms with E-state index in [0.717, 1.165) is 23.9 Å². The number of aromatic nitrogens is 2. The SMILES string of the molecule is Cn1c(=O)n([C@@H]2CCC(=O)NC2=O)c2ccc(C3CCN(C(=O)OC(C)(C)C)CC3)cc21. The Bertz CT molecular complexity index is 1130. The van der Waals surface area contributed by atoms with Crippen molar-refractivity contribution in [3.05, 3.63) is 34.2 Å². The molecule has 3 heterocycles. The molecule has 0 radical (unpaired) electrons. The van der Waals surface area contributed by atoms with E-state index in [1.165, 1.54) is 4.57 Å². The van der Waals surface area contributed by atoms with Crippen LogP contribution in [0.1, 0.15) is 64.0 Å². The van der Waals surface area contributed by atoms with E-state index in [1.807, 2.05) is 39.0 Å². The summed E-state index contributed by atoms with van der Waals surface area (Å²) in [6, 6.07) is 5.20. The normalized spacial score (nSPS) is 20.5. The Morgan fingerprint density at radius 2 is 1.75 bits per heavy atom. The molecule has 2 fully saturated rings. The number of carbonyl (C=O) groups excluding carboxylic acids is 3. The lowest BCUT2D eigenvalue weighted by Crippen LogP contribution is -2.44. The molecule has 1 atom stereocenters. The van der Waals surface area contributed by atoms with Gasteiger partial charge in [0.25, 0.3) is 0 Å². The van der Waals surface area contributed by atoms with E-state index in [0.29, 0.717) is 25.0 Å². The fourth-order valence-corrected chi connectivity index (χ4v) is 4.59. The van der Waals surface area contributed by atoms with Gasteiger partial charge in [-0.15, -0.1) is 0 Å². The van der Waals surface area contributed by atoms with E-state index in [9.17, 15) is 19.2 Å². The number of imide groups is 1. The molecule has 1 aromatic carbocycles. The van der Waals surface area contributed by atoms with Crippen LogP contribution < -0.4 is 11.0 Å². The third-order valence-electron chi connectivity index (χ3n) is 6.25. The van der Waals surface area contributed by atoms with Crippen LogP contribution in [0.15, 0.2) is 23.0 Å². The summed E-state index contributed by atoms with van der Waals surface area (Å²) in [6.45, 7) is 6.82. The number of rotatable bonds is 2. The number of imidazole rings is 1. The molecule has 1 N–H and O–H groups in total. The molecule has 0 bridgehead atoms. The Morgan fingerprint density at radius 1 is 1.06 bits per heavy atom. The topological polar surface area (TPSA) is 103 Å². The summed E-state index contributed by atoms with van der Waals surface area (Å²) >= 11 is 0. The van der Waals surface area contributed by atoms with Crippen LogP contribution in [0, 0.1) is 0 Å².